The van der Waals surface area contributed by atoms with E-state index < -0.39 is 42.2 Å². The Bertz CT molecular complexity index is 772. The summed E-state index contributed by atoms with van der Waals surface area (Å²) in [6, 6.07) is 0. The summed E-state index contributed by atoms with van der Waals surface area (Å²) in [6.45, 7) is 3.61. The summed E-state index contributed by atoms with van der Waals surface area (Å²) in [7, 11) is 0. The van der Waals surface area contributed by atoms with Gasteiger partial charge in [-0.15, -0.1) is 0 Å². The number of allylic oxidation sites excluding steroid dienone is 7. The Morgan fingerprint density at radius 1 is 1.04 bits per heavy atom. The zero-order valence-electron chi connectivity index (χ0n) is 16.0. The molecule has 6 heteroatoms. The highest BCUT2D eigenvalue weighted by molar-refractivity contribution is 5.98. The molecule has 2 aliphatic heterocycles. The number of ether oxygens (including phenoxy) is 2. The molecule has 2 heterocycles. The third-order valence-corrected chi connectivity index (χ3v) is 5.22. The Labute approximate surface area is 164 Å². The SMILES string of the molecule is C/C=C/C=C/C=C/C1=C2C(=O)O[C@@H](C)C[C@@H](O)C[C@@H](O)[C@@H]3C(=O)C=C[C@H](O1)[C@H]23. The lowest BCUT2D eigenvalue weighted by Crippen LogP contribution is -2.45. The second-order valence-electron chi connectivity index (χ2n) is 7.35. The molecule has 150 valence electrons. The fourth-order valence-electron chi connectivity index (χ4n) is 4.01. The Kier molecular flexibility index (Phi) is 6.31. The van der Waals surface area contributed by atoms with E-state index in [1.54, 1.807) is 31.2 Å². The highest BCUT2D eigenvalue weighted by Gasteiger charge is 2.51. The Morgan fingerprint density at radius 2 is 1.79 bits per heavy atom. The summed E-state index contributed by atoms with van der Waals surface area (Å²) in [4.78, 5) is 25.4. The average molecular weight is 386 g/mol. The highest BCUT2D eigenvalue weighted by Crippen LogP contribution is 2.43. The van der Waals surface area contributed by atoms with Crippen molar-refractivity contribution in [1.82, 2.24) is 0 Å². The van der Waals surface area contributed by atoms with Crippen molar-refractivity contribution in [2.45, 2.75) is 51.1 Å². The molecule has 0 aromatic carbocycles. The quantitative estimate of drug-likeness (QED) is 0.570. The molecule has 0 radical (unpaired) electrons. The standard InChI is InChI=1S/C22H26O6/c1-3-4-5-6-7-8-17-21-20-18(28-17)10-9-15(24)19(20)16(25)12-14(23)11-13(2)27-22(21)26/h3-10,13-14,16,18-20,23,25H,11-12H2,1-2H3/b4-3+,6-5+,8-7+/t13-,14+,16+,18-,19-,20-/m0/s1. The number of hydrogen-bond acceptors (Lipinski definition) is 6. The van der Waals surface area contributed by atoms with Gasteiger partial charge in [-0.05, 0) is 32.1 Å². The Hall–Kier alpha value is -2.44. The van der Waals surface area contributed by atoms with Crippen molar-refractivity contribution >= 4 is 11.8 Å². The number of ketones is 1. The first-order valence-corrected chi connectivity index (χ1v) is 9.58. The lowest BCUT2D eigenvalue weighted by Gasteiger charge is -2.34. The molecule has 6 atom stereocenters. The molecule has 28 heavy (non-hydrogen) atoms. The molecule has 0 unspecified atom stereocenters. The van der Waals surface area contributed by atoms with Crippen molar-refractivity contribution in [2.75, 3.05) is 0 Å². The topological polar surface area (TPSA) is 93.1 Å². The van der Waals surface area contributed by atoms with Gasteiger partial charge in [-0.1, -0.05) is 30.4 Å². The molecular weight excluding hydrogens is 360 g/mol. The third kappa shape index (κ3) is 4.18. The molecule has 0 saturated carbocycles. The van der Waals surface area contributed by atoms with Crippen LogP contribution in [-0.2, 0) is 19.1 Å². The van der Waals surface area contributed by atoms with E-state index in [9.17, 15) is 19.8 Å². The van der Waals surface area contributed by atoms with Crippen LogP contribution in [0.4, 0.5) is 0 Å². The van der Waals surface area contributed by atoms with Gasteiger partial charge >= 0.3 is 5.97 Å². The first kappa shape index (κ1) is 20.3. The van der Waals surface area contributed by atoms with Crippen molar-refractivity contribution in [3.05, 3.63) is 59.9 Å². The highest BCUT2D eigenvalue weighted by atomic mass is 16.5. The van der Waals surface area contributed by atoms with E-state index in [0.717, 1.165) is 0 Å². The predicted octanol–water partition coefficient (Wildman–Crippen LogP) is 2.15. The van der Waals surface area contributed by atoms with Gasteiger partial charge < -0.3 is 19.7 Å². The molecule has 3 aliphatic rings. The largest absolute Gasteiger partial charge is 0.485 e. The van der Waals surface area contributed by atoms with Crippen LogP contribution in [0.5, 0.6) is 0 Å². The molecule has 0 aromatic heterocycles. The maximum absolute atomic E-state index is 12.9. The fraction of sp³-hybridized carbons (Fsp3) is 0.455. The molecule has 3 rings (SSSR count). The molecule has 0 amide bonds. The van der Waals surface area contributed by atoms with Gasteiger partial charge in [0.2, 0.25) is 0 Å². The number of hydrogen-bond donors (Lipinski definition) is 2. The molecule has 1 aliphatic carbocycles. The summed E-state index contributed by atoms with van der Waals surface area (Å²) in [5.74, 6) is -2.01. The van der Waals surface area contributed by atoms with Crippen molar-refractivity contribution in [2.24, 2.45) is 11.8 Å². The first-order valence-electron chi connectivity index (χ1n) is 9.58. The van der Waals surface area contributed by atoms with E-state index in [4.69, 9.17) is 9.47 Å². The molecule has 1 fully saturated rings. The Morgan fingerprint density at radius 3 is 2.54 bits per heavy atom. The van der Waals surface area contributed by atoms with E-state index >= 15 is 0 Å². The number of aliphatic hydroxyl groups is 2. The van der Waals surface area contributed by atoms with Gasteiger partial charge in [0.1, 0.15) is 18.0 Å². The lowest BCUT2D eigenvalue weighted by atomic mass is 9.72. The van der Waals surface area contributed by atoms with E-state index in [1.807, 2.05) is 25.2 Å². The van der Waals surface area contributed by atoms with Gasteiger partial charge in [-0.3, -0.25) is 4.79 Å². The minimum absolute atomic E-state index is 0.0416. The summed E-state index contributed by atoms with van der Waals surface area (Å²) in [5.41, 5.74) is 0.269. The smallest absolute Gasteiger partial charge is 0.338 e. The molecular formula is C22H26O6. The van der Waals surface area contributed by atoms with E-state index in [0.29, 0.717) is 5.76 Å². The minimum Gasteiger partial charge on any atom is -0.485 e. The fourth-order valence-corrected chi connectivity index (χ4v) is 4.01. The molecule has 0 bridgehead atoms. The predicted molar refractivity (Wildman–Crippen MR) is 103 cm³/mol. The van der Waals surface area contributed by atoms with Crippen LogP contribution < -0.4 is 0 Å². The van der Waals surface area contributed by atoms with Crippen LogP contribution in [0.15, 0.2) is 59.9 Å². The minimum atomic E-state index is -1.07. The van der Waals surface area contributed by atoms with Crippen molar-refractivity contribution in [1.29, 1.82) is 0 Å². The molecule has 0 aromatic rings. The van der Waals surface area contributed by atoms with Crippen LogP contribution in [0.25, 0.3) is 0 Å². The van der Waals surface area contributed by atoms with Crippen molar-refractivity contribution < 1.29 is 29.3 Å². The number of cyclic esters (lactones) is 1. The van der Waals surface area contributed by atoms with E-state index in [2.05, 4.69) is 0 Å². The number of aliphatic hydroxyl groups excluding tert-OH is 2. The molecule has 0 spiro atoms. The monoisotopic (exact) mass is 386 g/mol. The number of esters is 1. The summed E-state index contributed by atoms with van der Waals surface area (Å²) in [6.07, 6.45) is 11.1. The van der Waals surface area contributed by atoms with Gasteiger partial charge in [-0.2, -0.15) is 0 Å². The van der Waals surface area contributed by atoms with E-state index in [-0.39, 0.29) is 24.2 Å². The molecule has 6 nitrogen and oxygen atoms in total. The van der Waals surface area contributed by atoms with Crippen LogP contribution in [-0.4, -0.2) is 46.4 Å². The van der Waals surface area contributed by atoms with Crippen LogP contribution in [0.3, 0.4) is 0 Å². The van der Waals surface area contributed by atoms with Crippen molar-refractivity contribution in [3.8, 4) is 0 Å². The second-order valence-corrected chi connectivity index (χ2v) is 7.35. The number of carbonyl (C=O) groups excluding carboxylic acids is 2. The number of rotatable bonds is 3. The van der Waals surface area contributed by atoms with E-state index in [1.165, 1.54) is 6.08 Å². The zero-order valence-corrected chi connectivity index (χ0v) is 16.0. The second kappa shape index (κ2) is 8.71. The van der Waals surface area contributed by atoms with Gasteiger partial charge in [0, 0.05) is 18.8 Å². The lowest BCUT2D eigenvalue weighted by molar-refractivity contribution is -0.147. The van der Waals surface area contributed by atoms with Crippen LogP contribution in [0.2, 0.25) is 0 Å². The zero-order chi connectivity index (χ0) is 20.3. The summed E-state index contributed by atoms with van der Waals surface area (Å²) < 4.78 is 11.4. The maximum Gasteiger partial charge on any atom is 0.338 e. The molecule has 2 N–H and O–H groups in total. The third-order valence-electron chi connectivity index (χ3n) is 5.22. The summed E-state index contributed by atoms with van der Waals surface area (Å²) in [5, 5.41) is 20.9. The van der Waals surface area contributed by atoms with Crippen LogP contribution in [0, 0.1) is 11.8 Å². The Balaban J connectivity index is 2.02. The summed E-state index contributed by atoms with van der Waals surface area (Å²) >= 11 is 0. The van der Waals surface area contributed by atoms with Gasteiger partial charge in [0.15, 0.2) is 5.78 Å². The van der Waals surface area contributed by atoms with Crippen LogP contribution >= 0.6 is 0 Å². The first-order chi connectivity index (χ1) is 13.4. The average Bonchev–Trinajstić information content (AvgIpc) is 2.98. The molecule has 1 saturated heterocycles. The van der Waals surface area contributed by atoms with Gasteiger partial charge in [0.05, 0.1) is 23.7 Å². The van der Waals surface area contributed by atoms with Gasteiger partial charge in [0.25, 0.3) is 0 Å². The maximum atomic E-state index is 12.9. The van der Waals surface area contributed by atoms with Crippen LogP contribution in [0.1, 0.15) is 26.7 Å². The number of carbonyl (C=O) groups is 2. The van der Waals surface area contributed by atoms with Gasteiger partial charge in [-0.25, -0.2) is 4.79 Å². The normalized spacial score (nSPS) is 36.3. The van der Waals surface area contributed by atoms with Crippen molar-refractivity contribution in [3.63, 3.8) is 0 Å².